The maximum Gasteiger partial charge on any atom is 0.222 e. The van der Waals surface area contributed by atoms with Crippen LogP contribution in [0.2, 0.25) is 0 Å². The number of nitrogens with two attached hydrogens (primary N) is 1. The predicted molar refractivity (Wildman–Crippen MR) is 65.3 cm³/mol. The summed E-state index contributed by atoms with van der Waals surface area (Å²) in [7, 11) is 0. The van der Waals surface area contributed by atoms with Gasteiger partial charge in [-0.1, -0.05) is 12.8 Å². The lowest BCUT2D eigenvalue weighted by atomic mass is 9.94. The molecule has 3 N–H and O–H groups in total. The molecule has 17 heavy (non-hydrogen) atoms. The Morgan fingerprint density at radius 1 is 1.59 bits per heavy atom. The van der Waals surface area contributed by atoms with Crippen LogP contribution in [0.4, 0.5) is 0 Å². The van der Waals surface area contributed by atoms with E-state index in [2.05, 4.69) is 5.32 Å². The molecule has 1 aliphatic rings. The van der Waals surface area contributed by atoms with Gasteiger partial charge in [0.25, 0.3) is 0 Å². The fourth-order valence-electron chi connectivity index (χ4n) is 2.48. The van der Waals surface area contributed by atoms with Crippen molar-refractivity contribution in [2.75, 3.05) is 0 Å². The molecular weight excluding hydrogens is 216 g/mol. The van der Waals surface area contributed by atoms with E-state index in [1.165, 1.54) is 0 Å². The zero-order valence-electron chi connectivity index (χ0n) is 10.2. The summed E-state index contributed by atoms with van der Waals surface area (Å²) in [5.41, 5.74) is 5.89. The van der Waals surface area contributed by atoms with E-state index in [4.69, 9.17) is 10.2 Å². The molecule has 0 radical (unpaired) electrons. The lowest BCUT2D eigenvalue weighted by Gasteiger charge is -2.23. The van der Waals surface area contributed by atoms with Crippen LogP contribution in [0.25, 0.3) is 0 Å². The number of carbonyl (C=O) groups excluding carboxylic acids is 1. The van der Waals surface area contributed by atoms with Crippen LogP contribution in [0, 0.1) is 0 Å². The normalized spacial score (nSPS) is 20.1. The molecule has 0 unspecified atom stereocenters. The number of hydrogen-bond acceptors (Lipinski definition) is 3. The van der Waals surface area contributed by atoms with Gasteiger partial charge < -0.3 is 15.5 Å². The Kier molecular flexibility index (Phi) is 3.52. The Labute approximate surface area is 102 Å². The van der Waals surface area contributed by atoms with Crippen molar-refractivity contribution in [2.45, 2.75) is 50.6 Å². The quantitative estimate of drug-likeness (QED) is 0.841. The van der Waals surface area contributed by atoms with Crippen molar-refractivity contribution in [2.24, 2.45) is 5.73 Å². The minimum absolute atomic E-state index is 0.0123. The van der Waals surface area contributed by atoms with Crippen molar-refractivity contribution >= 4 is 5.91 Å². The molecule has 1 aliphatic carbocycles. The van der Waals surface area contributed by atoms with Gasteiger partial charge in [-0.2, -0.15) is 0 Å². The second-order valence-corrected chi connectivity index (χ2v) is 5.05. The molecule has 0 spiro atoms. The summed E-state index contributed by atoms with van der Waals surface area (Å²) in [4.78, 5) is 11.9. The molecule has 1 heterocycles. The first-order valence-corrected chi connectivity index (χ1v) is 6.21. The molecule has 94 valence electrons. The molecule has 0 aromatic carbocycles. The fourth-order valence-corrected chi connectivity index (χ4v) is 2.48. The van der Waals surface area contributed by atoms with Gasteiger partial charge >= 0.3 is 0 Å². The van der Waals surface area contributed by atoms with E-state index in [1.807, 2.05) is 19.1 Å². The lowest BCUT2D eigenvalue weighted by Crippen LogP contribution is -2.42. The second-order valence-electron chi connectivity index (χ2n) is 5.05. The van der Waals surface area contributed by atoms with Gasteiger partial charge in [-0.15, -0.1) is 0 Å². The smallest absolute Gasteiger partial charge is 0.222 e. The maximum absolute atomic E-state index is 11.9. The number of amides is 1. The van der Waals surface area contributed by atoms with Gasteiger partial charge in [-0.25, -0.2) is 0 Å². The zero-order valence-corrected chi connectivity index (χ0v) is 10.2. The van der Waals surface area contributed by atoms with Crippen LogP contribution in [0.1, 0.15) is 50.8 Å². The van der Waals surface area contributed by atoms with E-state index in [9.17, 15) is 4.79 Å². The maximum atomic E-state index is 11.9. The summed E-state index contributed by atoms with van der Waals surface area (Å²) in [6.07, 6.45) is 6.21. The van der Waals surface area contributed by atoms with Crippen molar-refractivity contribution in [3.63, 3.8) is 0 Å². The first-order valence-electron chi connectivity index (χ1n) is 6.21. The Morgan fingerprint density at radius 2 is 2.29 bits per heavy atom. The average molecular weight is 236 g/mol. The van der Waals surface area contributed by atoms with Crippen LogP contribution in [0.5, 0.6) is 0 Å². The van der Waals surface area contributed by atoms with Gasteiger partial charge in [-0.3, -0.25) is 4.79 Å². The standard InChI is InChI=1S/C13H20N2O2/c1-10(11-5-4-8-17-11)15-12(16)9-13(14)6-2-3-7-13/h4-5,8,10H,2-3,6-7,9,14H2,1H3,(H,15,16)/t10-/m1/s1. The number of hydrogen-bond donors (Lipinski definition) is 2. The third-order valence-electron chi connectivity index (χ3n) is 3.46. The van der Waals surface area contributed by atoms with Crippen LogP contribution < -0.4 is 11.1 Å². The van der Waals surface area contributed by atoms with E-state index < -0.39 is 0 Å². The van der Waals surface area contributed by atoms with E-state index >= 15 is 0 Å². The van der Waals surface area contributed by atoms with Gasteiger partial charge in [0.2, 0.25) is 5.91 Å². The topological polar surface area (TPSA) is 68.3 Å². The van der Waals surface area contributed by atoms with E-state index in [0.717, 1.165) is 31.4 Å². The number of rotatable bonds is 4. The summed E-state index contributed by atoms with van der Waals surface area (Å²) in [6.45, 7) is 1.91. The van der Waals surface area contributed by atoms with E-state index in [-0.39, 0.29) is 17.5 Å². The molecule has 1 aromatic rings. The number of carbonyl (C=O) groups is 1. The van der Waals surface area contributed by atoms with Crippen LogP contribution >= 0.6 is 0 Å². The van der Waals surface area contributed by atoms with Crippen LogP contribution in [-0.4, -0.2) is 11.4 Å². The van der Waals surface area contributed by atoms with Crippen molar-refractivity contribution in [1.29, 1.82) is 0 Å². The zero-order chi connectivity index (χ0) is 12.3. The SMILES string of the molecule is C[C@@H](NC(=O)CC1(N)CCCC1)c1ccco1. The predicted octanol–water partition coefficient (Wildman–Crippen LogP) is 2.12. The average Bonchev–Trinajstić information content (AvgIpc) is 2.88. The monoisotopic (exact) mass is 236 g/mol. The molecule has 2 rings (SSSR count). The molecule has 4 nitrogen and oxygen atoms in total. The molecule has 4 heteroatoms. The molecule has 1 saturated carbocycles. The molecule has 1 amide bonds. The Bertz CT molecular complexity index is 367. The van der Waals surface area contributed by atoms with E-state index in [0.29, 0.717) is 6.42 Å². The molecule has 1 atom stereocenters. The van der Waals surface area contributed by atoms with Crippen LogP contribution in [-0.2, 0) is 4.79 Å². The first kappa shape index (κ1) is 12.2. The van der Waals surface area contributed by atoms with Gasteiger partial charge in [0.15, 0.2) is 0 Å². The highest BCUT2D eigenvalue weighted by molar-refractivity contribution is 5.77. The number of nitrogens with one attached hydrogen (secondary N) is 1. The van der Waals surface area contributed by atoms with Crippen LogP contribution in [0.15, 0.2) is 22.8 Å². The summed E-state index contributed by atoms with van der Waals surface area (Å²) in [6, 6.07) is 3.58. The molecule has 0 aliphatic heterocycles. The summed E-state index contributed by atoms with van der Waals surface area (Å²) in [5.74, 6) is 0.786. The lowest BCUT2D eigenvalue weighted by molar-refractivity contribution is -0.123. The number of furan rings is 1. The third kappa shape index (κ3) is 3.09. The molecule has 1 aromatic heterocycles. The van der Waals surface area contributed by atoms with Gasteiger partial charge in [0, 0.05) is 12.0 Å². The minimum atomic E-state index is -0.285. The highest BCUT2D eigenvalue weighted by Crippen LogP contribution is 2.30. The summed E-state index contributed by atoms with van der Waals surface area (Å²) < 4.78 is 5.25. The second kappa shape index (κ2) is 4.92. The highest BCUT2D eigenvalue weighted by Gasteiger charge is 2.32. The highest BCUT2D eigenvalue weighted by atomic mass is 16.3. The van der Waals surface area contributed by atoms with Crippen molar-refractivity contribution in [3.8, 4) is 0 Å². The molecule has 1 fully saturated rings. The van der Waals surface area contributed by atoms with Crippen molar-refractivity contribution in [3.05, 3.63) is 24.2 Å². The fraction of sp³-hybridized carbons (Fsp3) is 0.615. The third-order valence-corrected chi connectivity index (χ3v) is 3.46. The Balaban J connectivity index is 1.85. The van der Waals surface area contributed by atoms with Gasteiger partial charge in [0.05, 0.1) is 12.3 Å². The van der Waals surface area contributed by atoms with E-state index in [1.54, 1.807) is 6.26 Å². The summed E-state index contributed by atoms with van der Waals surface area (Å²) >= 11 is 0. The molecule has 0 saturated heterocycles. The Hall–Kier alpha value is -1.29. The first-order chi connectivity index (χ1) is 8.09. The largest absolute Gasteiger partial charge is 0.467 e. The Morgan fingerprint density at radius 3 is 2.88 bits per heavy atom. The van der Waals surface area contributed by atoms with Crippen LogP contribution in [0.3, 0.4) is 0 Å². The molecular formula is C13H20N2O2. The minimum Gasteiger partial charge on any atom is -0.467 e. The van der Waals surface area contributed by atoms with Crippen molar-refractivity contribution < 1.29 is 9.21 Å². The van der Waals surface area contributed by atoms with Gasteiger partial charge in [-0.05, 0) is 31.9 Å². The molecule has 0 bridgehead atoms. The summed E-state index contributed by atoms with van der Waals surface area (Å²) in [5, 5.41) is 2.92. The van der Waals surface area contributed by atoms with Crippen molar-refractivity contribution in [1.82, 2.24) is 5.32 Å². The van der Waals surface area contributed by atoms with Gasteiger partial charge in [0.1, 0.15) is 5.76 Å².